The maximum atomic E-state index is 6.32. The van der Waals surface area contributed by atoms with Gasteiger partial charge < -0.3 is 10.1 Å². The zero-order chi connectivity index (χ0) is 15.2. The van der Waals surface area contributed by atoms with E-state index >= 15 is 0 Å². The molecule has 0 heterocycles. The van der Waals surface area contributed by atoms with Gasteiger partial charge in [-0.3, -0.25) is 0 Å². The molecule has 0 aliphatic rings. The van der Waals surface area contributed by atoms with Crippen molar-refractivity contribution < 1.29 is 4.74 Å². The fraction of sp³-hybridized carbons (Fsp3) is 0.333. The Bertz CT molecular complexity index is 596. The lowest BCUT2D eigenvalue weighted by Gasteiger charge is -2.12. The second kappa shape index (κ2) is 7.48. The summed E-state index contributed by atoms with van der Waals surface area (Å²) < 4.78 is 5.89. The molecule has 0 spiro atoms. The van der Waals surface area contributed by atoms with E-state index in [9.17, 15) is 0 Å². The van der Waals surface area contributed by atoms with Crippen molar-refractivity contribution in [1.82, 2.24) is 5.32 Å². The summed E-state index contributed by atoms with van der Waals surface area (Å²) in [5.41, 5.74) is 2.26. The zero-order valence-electron chi connectivity index (χ0n) is 12.8. The lowest BCUT2D eigenvalue weighted by molar-refractivity contribution is 0.478. The third-order valence-corrected chi connectivity index (χ3v) is 3.49. The Kier molecular flexibility index (Phi) is 5.66. The molecule has 112 valence electrons. The fourth-order valence-electron chi connectivity index (χ4n) is 2.03. The van der Waals surface area contributed by atoms with Gasteiger partial charge in [0.15, 0.2) is 0 Å². The van der Waals surface area contributed by atoms with Crippen LogP contribution < -0.4 is 10.1 Å². The molecule has 0 aliphatic heterocycles. The molecule has 0 aromatic heterocycles. The highest BCUT2D eigenvalue weighted by Gasteiger charge is 2.06. The van der Waals surface area contributed by atoms with E-state index in [0.717, 1.165) is 30.0 Å². The van der Waals surface area contributed by atoms with E-state index in [1.165, 1.54) is 0 Å². The van der Waals surface area contributed by atoms with E-state index in [-0.39, 0.29) is 0 Å². The molecule has 2 aromatic carbocycles. The highest BCUT2D eigenvalue weighted by atomic mass is 35.5. The van der Waals surface area contributed by atoms with Crippen LogP contribution in [0.4, 0.5) is 0 Å². The predicted molar refractivity (Wildman–Crippen MR) is 89.2 cm³/mol. The predicted octanol–water partition coefficient (Wildman–Crippen LogP) is 5.19. The van der Waals surface area contributed by atoms with Crippen molar-refractivity contribution in [2.45, 2.75) is 27.3 Å². The largest absolute Gasteiger partial charge is 0.456 e. The van der Waals surface area contributed by atoms with Crippen LogP contribution in [0.25, 0.3) is 0 Å². The first-order valence-electron chi connectivity index (χ1n) is 7.29. The zero-order valence-corrected chi connectivity index (χ0v) is 13.6. The molecule has 0 atom stereocenters. The van der Waals surface area contributed by atoms with E-state index in [1.807, 2.05) is 49.4 Å². The minimum Gasteiger partial charge on any atom is -0.456 e. The Hall–Kier alpha value is -1.51. The van der Waals surface area contributed by atoms with Crippen molar-refractivity contribution in [3.8, 4) is 11.5 Å². The number of hydrogen-bond acceptors (Lipinski definition) is 2. The Labute approximate surface area is 132 Å². The lowest BCUT2D eigenvalue weighted by Crippen LogP contribution is -2.18. The van der Waals surface area contributed by atoms with Gasteiger partial charge in [0.1, 0.15) is 11.5 Å². The Morgan fingerprint density at radius 1 is 1.10 bits per heavy atom. The minimum atomic E-state index is 0.641. The van der Waals surface area contributed by atoms with E-state index < -0.39 is 0 Å². The normalized spacial score (nSPS) is 10.9. The van der Waals surface area contributed by atoms with Gasteiger partial charge in [-0.1, -0.05) is 49.7 Å². The van der Waals surface area contributed by atoms with Gasteiger partial charge in [-0.2, -0.15) is 0 Å². The first kappa shape index (κ1) is 15.9. The van der Waals surface area contributed by atoms with Gasteiger partial charge in [0.2, 0.25) is 0 Å². The lowest BCUT2D eigenvalue weighted by atomic mass is 10.2. The van der Waals surface area contributed by atoms with Crippen LogP contribution in [0.2, 0.25) is 5.02 Å². The molecule has 21 heavy (non-hydrogen) atoms. The molecule has 0 amide bonds. The molecule has 2 nitrogen and oxygen atoms in total. The molecule has 2 rings (SSSR count). The average molecular weight is 304 g/mol. The van der Waals surface area contributed by atoms with Gasteiger partial charge in [0.25, 0.3) is 0 Å². The summed E-state index contributed by atoms with van der Waals surface area (Å²) in [6.07, 6.45) is 0. The number of aryl methyl sites for hydroxylation is 1. The molecule has 0 saturated carbocycles. The third-order valence-electron chi connectivity index (χ3n) is 3.19. The first-order valence-corrected chi connectivity index (χ1v) is 7.66. The molecule has 2 aromatic rings. The number of halogens is 1. The smallest absolute Gasteiger partial charge is 0.146 e. The second-order valence-corrected chi connectivity index (χ2v) is 6.06. The van der Waals surface area contributed by atoms with Crippen LogP contribution in [0.3, 0.4) is 0 Å². The van der Waals surface area contributed by atoms with Crippen molar-refractivity contribution in [1.29, 1.82) is 0 Å². The van der Waals surface area contributed by atoms with Crippen LogP contribution in [-0.2, 0) is 6.54 Å². The molecular formula is C18H22ClNO. The van der Waals surface area contributed by atoms with E-state index in [2.05, 4.69) is 19.2 Å². The van der Waals surface area contributed by atoms with E-state index in [1.54, 1.807) is 0 Å². The third kappa shape index (κ3) is 4.76. The number of nitrogens with one attached hydrogen (secondary N) is 1. The van der Waals surface area contributed by atoms with Gasteiger partial charge in [0.05, 0.1) is 5.02 Å². The van der Waals surface area contributed by atoms with Crippen LogP contribution >= 0.6 is 11.6 Å². The van der Waals surface area contributed by atoms with Gasteiger partial charge in [-0.05, 0) is 48.7 Å². The quantitative estimate of drug-likeness (QED) is 0.793. The van der Waals surface area contributed by atoms with Crippen molar-refractivity contribution in [2.75, 3.05) is 6.54 Å². The topological polar surface area (TPSA) is 21.3 Å². The fourth-order valence-corrected chi connectivity index (χ4v) is 2.27. The van der Waals surface area contributed by atoms with Crippen LogP contribution in [-0.4, -0.2) is 6.54 Å². The van der Waals surface area contributed by atoms with Crippen molar-refractivity contribution >= 4 is 11.6 Å². The molecule has 0 unspecified atom stereocenters. The second-order valence-electron chi connectivity index (χ2n) is 5.66. The van der Waals surface area contributed by atoms with Crippen LogP contribution in [0, 0.1) is 12.8 Å². The number of benzene rings is 2. The molecule has 3 heteroatoms. The molecule has 0 radical (unpaired) electrons. The standard InChI is InChI=1S/C18H22ClNO/c1-13(2)11-20-12-15-8-9-18(16(19)10-15)21-17-7-5-4-6-14(17)3/h4-10,13,20H,11-12H2,1-3H3. The molecular weight excluding hydrogens is 282 g/mol. The van der Waals surface area contributed by atoms with Crippen molar-refractivity contribution in [3.63, 3.8) is 0 Å². The summed E-state index contributed by atoms with van der Waals surface area (Å²) in [5, 5.41) is 4.05. The van der Waals surface area contributed by atoms with E-state index in [4.69, 9.17) is 16.3 Å². The van der Waals surface area contributed by atoms with Gasteiger partial charge in [0, 0.05) is 6.54 Å². The van der Waals surface area contributed by atoms with Gasteiger partial charge in [-0.15, -0.1) is 0 Å². The summed E-state index contributed by atoms with van der Waals surface area (Å²) in [6, 6.07) is 13.9. The molecule has 0 aliphatic carbocycles. The average Bonchev–Trinajstić information content (AvgIpc) is 2.43. The summed E-state index contributed by atoms with van der Waals surface area (Å²) in [5.74, 6) is 2.17. The summed E-state index contributed by atoms with van der Waals surface area (Å²) in [4.78, 5) is 0. The number of para-hydroxylation sites is 1. The monoisotopic (exact) mass is 303 g/mol. The highest BCUT2D eigenvalue weighted by molar-refractivity contribution is 6.32. The Balaban J connectivity index is 2.04. The number of rotatable bonds is 6. The van der Waals surface area contributed by atoms with Crippen LogP contribution in [0.15, 0.2) is 42.5 Å². The van der Waals surface area contributed by atoms with Gasteiger partial charge >= 0.3 is 0 Å². The highest BCUT2D eigenvalue weighted by Crippen LogP contribution is 2.31. The van der Waals surface area contributed by atoms with Crippen LogP contribution in [0.1, 0.15) is 25.0 Å². The Morgan fingerprint density at radius 3 is 2.52 bits per heavy atom. The van der Waals surface area contributed by atoms with E-state index in [0.29, 0.717) is 16.7 Å². The number of hydrogen-bond donors (Lipinski definition) is 1. The Morgan fingerprint density at radius 2 is 1.86 bits per heavy atom. The minimum absolute atomic E-state index is 0.641. The SMILES string of the molecule is Cc1ccccc1Oc1ccc(CNCC(C)C)cc1Cl. The van der Waals surface area contributed by atoms with Crippen molar-refractivity contribution in [3.05, 3.63) is 58.6 Å². The molecule has 0 bridgehead atoms. The molecule has 1 N–H and O–H groups in total. The summed E-state index contributed by atoms with van der Waals surface area (Å²) >= 11 is 6.32. The first-order chi connectivity index (χ1) is 10.1. The molecule has 0 saturated heterocycles. The maximum absolute atomic E-state index is 6.32. The van der Waals surface area contributed by atoms with Crippen LogP contribution in [0.5, 0.6) is 11.5 Å². The van der Waals surface area contributed by atoms with Gasteiger partial charge in [-0.25, -0.2) is 0 Å². The molecule has 0 fully saturated rings. The van der Waals surface area contributed by atoms with Crippen molar-refractivity contribution in [2.24, 2.45) is 5.92 Å². The number of ether oxygens (including phenoxy) is 1. The maximum Gasteiger partial charge on any atom is 0.146 e. The summed E-state index contributed by atoms with van der Waals surface area (Å²) in [7, 11) is 0. The summed E-state index contributed by atoms with van der Waals surface area (Å²) in [6.45, 7) is 8.23.